The quantitative estimate of drug-likeness (QED) is 0.142. The molecule has 0 atom stereocenters. The van der Waals surface area contributed by atoms with Crippen molar-refractivity contribution in [1.82, 2.24) is 43.6 Å². The van der Waals surface area contributed by atoms with Crippen LogP contribution in [0.5, 0.6) is 0 Å². The van der Waals surface area contributed by atoms with Crippen LogP contribution < -0.4 is 0 Å². The summed E-state index contributed by atoms with van der Waals surface area (Å²) in [6, 6.07) is 150. The van der Waals surface area contributed by atoms with Gasteiger partial charge in [0.1, 0.15) is 11.2 Å². The number of nitrogens with zero attached hydrogens (tertiary/aromatic N) is 9. The highest BCUT2D eigenvalue weighted by Crippen LogP contribution is 2.59. The molecule has 0 amide bonds. The van der Waals surface area contributed by atoms with E-state index in [4.69, 9.17) is 34.3 Å². The summed E-state index contributed by atoms with van der Waals surface area (Å²) in [6.45, 7) is 18.4. The molecule has 8 aromatic heterocycles. The minimum atomic E-state index is -0.281. The van der Waals surface area contributed by atoms with Gasteiger partial charge in [-0.25, -0.2) is 29.9 Å². The average Bonchev–Trinajstić information content (AvgIpc) is 1.60. The molecule has 30 rings (SSSR count). The van der Waals surface area contributed by atoms with Crippen LogP contribution in [-0.2, 0) is 21.7 Å². The minimum absolute atomic E-state index is 0.0845. The Hall–Kier alpha value is -17.4. The molecule has 8 heterocycles. The number of hydrogen-bond donors (Lipinski definition) is 0. The third-order valence-electron chi connectivity index (χ3n) is 31.1. The van der Waals surface area contributed by atoms with E-state index in [0.717, 1.165) is 152 Å². The molecular formula is C132H93N9OS. The van der Waals surface area contributed by atoms with E-state index in [1.807, 2.05) is 35.6 Å². The first-order valence-electron chi connectivity index (χ1n) is 49.4. The fraction of sp³-hybridized carbons (Fsp3) is 0.0909. The van der Waals surface area contributed by atoms with Crippen molar-refractivity contribution in [2.24, 2.45) is 0 Å². The van der Waals surface area contributed by atoms with Crippen molar-refractivity contribution in [3.8, 4) is 130 Å². The number of benzene rings is 18. The number of para-hydroxylation sites is 6. The van der Waals surface area contributed by atoms with Gasteiger partial charge in [0.15, 0.2) is 17.5 Å². The molecular weight excluding hydrogens is 1760 g/mol. The van der Waals surface area contributed by atoms with Crippen LogP contribution in [0.2, 0.25) is 0 Å². The molecule has 143 heavy (non-hydrogen) atoms. The second-order valence-electron chi connectivity index (χ2n) is 40.5. The molecule has 0 aliphatic heterocycles. The van der Waals surface area contributed by atoms with Gasteiger partial charge in [0, 0.05) is 141 Å². The van der Waals surface area contributed by atoms with Crippen molar-refractivity contribution in [3.05, 3.63) is 463 Å². The molecule has 10 nitrogen and oxygen atoms in total. The van der Waals surface area contributed by atoms with Crippen LogP contribution >= 0.6 is 11.3 Å². The number of fused-ring (bicyclic) bond motifs is 30. The fourth-order valence-corrected chi connectivity index (χ4v) is 25.6. The maximum absolute atomic E-state index is 6.42. The Morgan fingerprint density at radius 3 is 1.09 bits per heavy atom. The topological polar surface area (TPSA) is 105 Å². The summed E-state index contributed by atoms with van der Waals surface area (Å²) in [5, 5.41) is 12.3. The van der Waals surface area contributed by atoms with Crippen molar-refractivity contribution in [2.45, 2.75) is 77.0 Å². The molecule has 0 bridgehead atoms. The van der Waals surface area contributed by atoms with E-state index in [0.29, 0.717) is 0 Å². The standard InChI is InChI=1S/C46H35N3.C43H29N3O.C43H29N3S/c1-45(2)35-22-11-8-20-33(35)39-37(45)26-25-32-31-19-10-13-24-38(31)49(42(32)39)30-18-14-17-29(27-30)41-40-34-21-9-12-23-36(34)46(3,4)43(40)48-44(47-41)28-15-6-5-7-16-28;2*1-43(2)32-20-10-6-17-29(32)38-39(44-42(45-41(38)43)26-14-4-3-5-15-26)30-18-8-12-22-34(30)46-33-21-11-7-16-27(33)28-24-25-36-37(40(28)46)31-19-9-13-23-35(31)47-36/h5-27H,1-4H3;2*3-25H,1-2H3. The smallest absolute Gasteiger partial charge is 0.160 e. The van der Waals surface area contributed by atoms with Gasteiger partial charge in [-0.3, -0.25) is 0 Å². The normalized spacial score (nSPS) is 14.0. The zero-order valence-corrected chi connectivity index (χ0v) is 81.0. The molecule has 26 aromatic rings. The Morgan fingerprint density at radius 1 is 0.224 bits per heavy atom. The monoisotopic (exact) mass is 1850 g/mol. The number of thiophene rings is 1. The van der Waals surface area contributed by atoms with Crippen molar-refractivity contribution in [2.75, 3.05) is 0 Å². The number of furan rings is 1. The highest BCUT2D eigenvalue weighted by molar-refractivity contribution is 7.26. The van der Waals surface area contributed by atoms with Gasteiger partial charge in [-0.1, -0.05) is 401 Å². The predicted octanol–water partition coefficient (Wildman–Crippen LogP) is 34.2. The van der Waals surface area contributed by atoms with E-state index in [2.05, 4.69) is 463 Å². The van der Waals surface area contributed by atoms with E-state index < -0.39 is 0 Å². The van der Waals surface area contributed by atoms with Crippen molar-refractivity contribution in [3.63, 3.8) is 0 Å². The second kappa shape index (κ2) is 31.6. The third kappa shape index (κ3) is 12.4. The van der Waals surface area contributed by atoms with Crippen LogP contribution in [0.15, 0.2) is 423 Å². The molecule has 11 heteroatoms. The van der Waals surface area contributed by atoms with Gasteiger partial charge in [-0.2, -0.15) is 0 Å². The maximum Gasteiger partial charge on any atom is 0.160 e. The van der Waals surface area contributed by atoms with Gasteiger partial charge < -0.3 is 18.1 Å². The van der Waals surface area contributed by atoms with Crippen LogP contribution in [0.4, 0.5) is 0 Å². The first kappa shape index (κ1) is 83.8. The minimum Gasteiger partial charge on any atom is -0.456 e. The van der Waals surface area contributed by atoms with E-state index in [9.17, 15) is 0 Å². The lowest BCUT2D eigenvalue weighted by Crippen LogP contribution is -2.17. The van der Waals surface area contributed by atoms with Crippen LogP contribution in [-0.4, -0.2) is 43.6 Å². The zero-order valence-electron chi connectivity index (χ0n) is 80.2. The molecule has 0 radical (unpaired) electrons. The summed E-state index contributed by atoms with van der Waals surface area (Å²) in [5.41, 5.74) is 40.0. The lowest BCUT2D eigenvalue weighted by molar-refractivity contribution is 0.636. The van der Waals surface area contributed by atoms with Gasteiger partial charge in [-0.05, 0) is 123 Å². The van der Waals surface area contributed by atoms with E-state index in [1.165, 1.54) is 130 Å². The summed E-state index contributed by atoms with van der Waals surface area (Å²) in [6.07, 6.45) is 0. The second-order valence-corrected chi connectivity index (χ2v) is 41.6. The molecule has 4 aliphatic carbocycles. The zero-order chi connectivity index (χ0) is 95.6. The summed E-state index contributed by atoms with van der Waals surface area (Å²) < 4.78 is 16.4. The molecule has 0 N–H and O–H groups in total. The van der Waals surface area contributed by atoms with Crippen LogP contribution in [0.1, 0.15) is 100 Å². The Kier molecular flexibility index (Phi) is 18.5. The van der Waals surface area contributed by atoms with E-state index in [1.54, 1.807) is 0 Å². The molecule has 4 aliphatic rings. The maximum atomic E-state index is 6.42. The predicted molar refractivity (Wildman–Crippen MR) is 592 cm³/mol. The van der Waals surface area contributed by atoms with Gasteiger partial charge in [0.25, 0.3) is 0 Å². The molecule has 0 spiro atoms. The van der Waals surface area contributed by atoms with Gasteiger partial charge >= 0.3 is 0 Å². The Labute approximate surface area is 830 Å². The van der Waals surface area contributed by atoms with E-state index >= 15 is 0 Å². The molecule has 18 aromatic carbocycles. The van der Waals surface area contributed by atoms with Crippen LogP contribution in [0.3, 0.4) is 0 Å². The highest BCUT2D eigenvalue weighted by atomic mass is 32.1. The van der Waals surface area contributed by atoms with Crippen molar-refractivity contribution < 1.29 is 4.42 Å². The molecule has 0 fully saturated rings. The first-order chi connectivity index (χ1) is 70.0. The van der Waals surface area contributed by atoms with Crippen LogP contribution in [0, 0.1) is 0 Å². The average molecular weight is 1850 g/mol. The molecule has 678 valence electrons. The number of rotatable bonds is 9. The van der Waals surface area contributed by atoms with Crippen molar-refractivity contribution in [1.29, 1.82) is 0 Å². The fourth-order valence-electron chi connectivity index (χ4n) is 24.4. The summed E-state index contributed by atoms with van der Waals surface area (Å²) in [7, 11) is 0. The summed E-state index contributed by atoms with van der Waals surface area (Å²) >= 11 is 1.86. The van der Waals surface area contributed by atoms with Gasteiger partial charge in [0.05, 0.1) is 84.0 Å². The first-order valence-corrected chi connectivity index (χ1v) is 50.2. The molecule has 0 saturated carbocycles. The Morgan fingerprint density at radius 2 is 0.587 bits per heavy atom. The van der Waals surface area contributed by atoms with Crippen LogP contribution in [0.25, 0.3) is 237 Å². The highest BCUT2D eigenvalue weighted by Gasteiger charge is 2.45. The summed E-state index contributed by atoms with van der Waals surface area (Å²) in [4.78, 5) is 32.2. The number of hydrogen-bond acceptors (Lipinski definition) is 8. The lowest BCUT2D eigenvalue weighted by Gasteiger charge is -2.21. The largest absolute Gasteiger partial charge is 0.456 e. The number of aromatic nitrogens is 9. The van der Waals surface area contributed by atoms with Crippen molar-refractivity contribution >= 4 is 119 Å². The van der Waals surface area contributed by atoms with Gasteiger partial charge in [-0.15, -0.1) is 11.3 Å². The molecule has 0 unspecified atom stereocenters. The SMILES string of the molecule is CC1(C)c2ccccc2-c2c(-c3ccccc3-n3c4ccccc4c4ccc5oc6ccccc6c5c43)nc(-c3ccccc3)nc21.CC1(C)c2ccccc2-c2c(-c3ccccc3-n3c4ccccc4c4ccc5sc6ccccc6c5c43)nc(-c3ccccc3)nc21.CC1(C)c2ccccc2-c2c1ccc1c3ccccc3n(-c3cccc(-c4nc(-c5ccccc5)nc5c4-c4ccccc4C5(C)C)c3)c21. The summed E-state index contributed by atoms with van der Waals surface area (Å²) in [5.74, 6) is 2.25. The lowest BCUT2D eigenvalue weighted by atomic mass is 9.82. The Balaban J connectivity index is 0.000000105. The molecule has 0 saturated heterocycles. The Bertz CT molecular complexity index is 9500. The third-order valence-corrected chi connectivity index (χ3v) is 32.3. The van der Waals surface area contributed by atoms with Gasteiger partial charge in [0.2, 0.25) is 0 Å². The van der Waals surface area contributed by atoms with E-state index in [-0.39, 0.29) is 21.7 Å².